The van der Waals surface area contributed by atoms with Crippen molar-refractivity contribution in [3.63, 3.8) is 0 Å². The molecule has 0 rings (SSSR count). The van der Waals surface area contributed by atoms with E-state index in [1.54, 1.807) is 13.0 Å². The molecular formula is C11H20O4. The van der Waals surface area contributed by atoms with Crippen LogP contribution >= 0.6 is 0 Å². The lowest BCUT2D eigenvalue weighted by molar-refractivity contribution is -0.143. The smallest absolute Gasteiger partial charge is 0.373 e. The van der Waals surface area contributed by atoms with Crippen molar-refractivity contribution in [3.05, 3.63) is 11.8 Å². The number of carbonyl (C=O) groups is 1. The fraction of sp³-hybridized carbons (Fsp3) is 0.727. The second-order valence-electron chi connectivity index (χ2n) is 3.32. The molecule has 0 aliphatic heterocycles. The first-order valence-electron chi connectivity index (χ1n) is 5.26. The van der Waals surface area contributed by atoms with E-state index in [2.05, 4.69) is 0 Å². The van der Waals surface area contributed by atoms with E-state index in [-0.39, 0.29) is 18.5 Å². The second kappa shape index (κ2) is 8.29. The molecule has 0 unspecified atom stereocenters. The van der Waals surface area contributed by atoms with Gasteiger partial charge in [-0.15, -0.1) is 0 Å². The molecule has 1 N–H and O–H groups in total. The van der Waals surface area contributed by atoms with Crippen LogP contribution in [0.2, 0.25) is 0 Å². The van der Waals surface area contributed by atoms with Crippen LogP contribution in [-0.4, -0.2) is 30.4 Å². The van der Waals surface area contributed by atoms with Gasteiger partial charge in [0.2, 0.25) is 5.76 Å². The number of aliphatic hydroxyl groups excluding tert-OH is 1. The largest absolute Gasteiger partial charge is 0.484 e. The van der Waals surface area contributed by atoms with Crippen molar-refractivity contribution in [1.29, 1.82) is 0 Å². The molecule has 0 amide bonds. The van der Waals surface area contributed by atoms with Gasteiger partial charge < -0.3 is 14.6 Å². The van der Waals surface area contributed by atoms with Crippen molar-refractivity contribution in [3.8, 4) is 0 Å². The maximum Gasteiger partial charge on any atom is 0.373 e. The number of unbranched alkanes of at least 4 members (excludes halogenated alkanes) is 1. The Labute approximate surface area is 90.9 Å². The van der Waals surface area contributed by atoms with Crippen LogP contribution in [0.15, 0.2) is 11.8 Å². The SMILES string of the molecule is CCOC(=O)/C(=C/CCCO)OC(C)C. The molecular weight excluding hydrogens is 196 g/mol. The Kier molecular flexibility index (Phi) is 7.72. The highest BCUT2D eigenvalue weighted by atomic mass is 16.6. The highest BCUT2D eigenvalue weighted by Crippen LogP contribution is 2.07. The summed E-state index contributed by atoms with van der Waals surface area (Å²) < 4.78 is 10.2. The van der Waals surface area contributed by atoms with Gasteiger partial charge in [-0.2, -0.15) is 0 Å². The van der Waals surface area contributed by atoms with E-state index < -0.39 is 5.97 Å². The van der Waals surface area contributed by atoms with Gasteiger partial charge in [-0.25, -0.2) is 4.79 Å². The van der Waals surface area contributed by atoms with E-state index in [1.807, 2.05) is 13.8 Å². The van der Waals surface area contributed by atoms with Crippen molar-refractivity contribution >= 4 is 5.97 Å². The van der Waals surface area contributed by atoms with Crippen LogP contribution in [0.5, 0.6) is 0 Å². The van der Waals surface area contributed by atoms with Crippen molar-refractivity contribution < 1.29 is 19.4 Å². The fourth-order valence-electron chi connectivity index (χ4n) is 0.960. The molecule has 0 aliphatic carbocycles. The molecule has 0 aromatic rings. The van der Waals surface area contributed by atoms with Gasteiger partial charge in [-0.3, -0.25) is 0 Å². The minimum absolute atomic E-state index is 0.0604. The Bertz CT molecular complexity index is 209. The molecule has 4 heteroatoms. The Morgan fingerprint density at radius 3 is 2.60 bits per heavy atom. The number of carbonyl (C=O) groups excluding carboxylic acids is 1. The minimum atomic E-state index is -0.441. The molecule has 0 aromatic carbocycles. The highest BCUT2D eigenvalue weighted by Gasteiger charge is 2.12. The average molecular weight is 216 g/mol. The lowest BCUT2D eigenvalue weighted by Gasteiger charge is -2.12. The van der Waals surface area contributed by atoms with Gasteiger partial charge in [-0.05, 0) is 39.7 Å². The lowest BCUT2D eigenvalue weighted by atomic mass is 10.3. The maximum absolute atomic E-state index is 11.4. The third-order valence-electron chi connectivity index (χ3n) is 1.53. The standard InChI is InChI=1S/C11H20O4/c1-4-14-11(13)10(15-9(2)3)7-5-6-8-12/h7,9,12H,4-6,8H2,1-3H3/b10-7-. The van der Waals surface area contributed by atoms with Gasteiger partial charge in [-0.1, -0.05) is 0 Å². The molecule has 15 heavy (non-hydrogen) atoms. The highest BCUT2D eigenvalue weighted by molar-refractivity contribution is 5.86. The Hall–Kier alpha value is -1.03. The number of rotatable bonds is 7. The second-order valence-corrected chi connectivity index (χ2v) is 3.32. The summed E-state index contributed by atoms with van der Waals surface area (Å²) in [6.07, 6.45) is 2.82. The minimum Gasteiger partial charge on any atom is -0.484 e. The van der Waals surface area contributed by atoms with E-state index >= 15 is 0 Å². The third-order valence-corrected chi connectivity index (χ3v) is 1.53. The van der Waals surface area contributed by atoms with Crippen molar-refractivity contribution in [2.75, 3.05) is 13.2 Å². The van der Waals surface area contributed by atoms with E-state index in [4.69, 9.17) is 14.6 Å². The molecule has 0 heterocycles. The molecule has 0 fully saturated rings. The zero-order chi connectivity index (χ0) is 11.7. The fourth-order valence-corrected chi connectivity index (χ4v) is 0.960. The first-order valence-corrected chi connectivity index (χ1v) is 5.26. The van der Waals surface area contributed by atoms with Crippen LogP contribution in [0, 0.1) is 0 Å². The number of hydrogen-bond donors (Lipinski definition) is 1. The maximum atomic E-state index is 11.4. The monoisotopic (exact) mass is 216 g/mol. The quantitative estimate of drug-likeness (QED) is 0.304. The van der Waals surface area contributed by atoms with Gasteiger partial charge >= 0.3 is 5.97 Å². The Balaban J connectivity index is 4.28. The molecule has 0 atom stereocenters. The molecule has 0 saturated carbocycles. The van der Waals surface area contributed by atoms with Gasteiger partial charge in [0.1, 0.15) is 0 Å². The summed E-state index contributed by atoms with van der Waals surface area (Å²) in [5.41, 5.74) is 0. The molecule has 4 nitrogen and oxygen atoms in total. The lowest BCUT2D eigenvalue weighted by Crippen LogP contribution is -2.14. The predicted octanol–water partition coefficient (Wildman–Crippen LogP) is 1.63. The van der Waals surface area contributed by atoms with Crippen molar-refractivity contribution in [2.45, 2.75) is 39.7 Å². The van der Waals surface area contributed by atoms with Gasteiger partial charge in [0.25, 0.3) is 0 Å². The van der Waals surface area contributed by atoms with Crippen LogP contribution in [0.3, 0.4) is 0 Å². The zero-order valence-corrected chi connectivity index (χ0v) is 9.66. The molecule has 88 valence electrons. The first kappa shape index (κ1) is 14.0. The summed E-state index contributed by atoms with van der Waals surface area (Å²) in [7, 11) is 0. The third kappa shape index (κ3) is 6.96. The summed E-state index contributed by atoms with van der Waals surface area (Å²) in [5.74, 6) is -0.204. The first-order chi connectivity index (χ1) is 7.11. The zero-order valence-electron chi connectivity index (χ0n) is 9.66. The van der Waals surface area contributed by atoms with Gasteiger partial charge in [0, 0.05) is 6.61 Å². The topological polar surface area (TPSA) is 55.8 Å². The predicted molar refractivity (Wildman–Crippen MR) is 57.3 cm³/mol. The van der Waals surface area contributed by atoms with E-state index in [0.717, 1.165) is 0 Å². The van der Waals surface area contributed by atoms with Crippen molar-refractivity contribution in [1.82, 2.24) is 0 Å². The Morgan fingerprint density at radius 1 is 1.47 bits per heavy atom. The normalized spacial score (nSPS) is 11.7. The number of aliphatic hydroxyl groups is 1. The van der Waals surface area contributed by atoms with Gasteiger partial charge in [0.05, 0.1) is 12.7 Å². The van der Waals surface area contributed by atoms with Gasteiger partial charge in [0.15, 0.2) is 0 Å². The molecule has 0 aromatic heterocycles. The summed E-state index contributed by atoms with van der Waals surface area (Å²) in [6.45, 7) is 5.88. The summed E-state index contributed by atoms with van der Waals surface area (Å²) in [4.78, 5) is 11.4. The number of hydrogen-bond acceptors (Lipinski definition) is 4. The molecule has 0 aliphatic rings. The number of allylic oxidation sites excluding steroid dienone is 1. The van der Waals surface area contributed by atoms with E-state index in [1.165, 1.54) is 0 Å². The van der Waals surface area contributed by atoms with E-state index in [0.29, 0.717) is 19.4 Å². The van der Waals surface area contributed by atoms with Crippen LogP contribution in [0.4, 0.5) is 0 Å². The molecule has 0 bridgehead atoms. The number of ether oxygens (including phenoxy) is 2. The summed E-state index contributed by atoms with van der Waals surface area (Å²) in [5, 5.41) is 8.62. The van der Waals surface area contributed by atoms with E-state index in [9.17, 15) is 4.79 Å². The number of esters is 1. The van der Waals surface area contributed by atoms with Crippen LogP contribution < -0.4 is 0 Å². The molecule has 0 spiro atoms. The average Bonchev–Trinajstić information content (AvgIpc) is 2.16. The van der Waals surface area contributed by atoms with Crippen LogP contribution in [-0.2, 0) is 14.3 Å². The summed E-state index contributed by atoms with van der Waals surface area (Å²) in [6, 6.07) is 0. The Morgan fingerprint density at radius 2 is 2.13 bits per heavy atom. The molecule has 0 saturated heterocycles. The summed E-state index contributed by atoms with van der Waals surface area (Å²) >= 11 is 0. The molecule has 0 radical (unpaired) electrons. The van der Waals surface area contributed by atoms with Crippen molar-refractivity contribution in [2.24, 2.45) is 0 Å². The van der Waals surface area contributed by atoms with Crippen LogP contribution in [0.1, 0.15) is 33.6 Å². The van der Waals surface area contributed by atoms with Crippen LogP contribution in [0.25, 0.3) is 0 Å².